The molecule has 0 aliphatic carbocycles. The fraction of sp³-hybridized carbons (Fsp3) is 0.167. The molecule has 32 heavy (non-hydrogen) atoms. The van der Waals surface area contributed by atoms with Gasteiger partial charge in [0.05, 0.1) is 17.7 Å². The highest BCUT2D eigenvalue weighted by Crippen LogP contribution is 2.35. The summed E-state index contributed by atoms with van der Waals surface area (Å²) in [4.78, 5) is 49.3. The van der Waals surface area contributed by atoms with Crippen LogP contribution in [0.3, 0.4) is 0 Å². The lowest BCUT2D eigenvalue weighted by Crippen LogP contribution is -2.21. The van der Waals surface area contributed by atoms with Crippen LogP contribution in [0.25, 0.3) is 10.4 Å². The second-order valence-electron chi connectivity index (χ2n) is 6.70. The molecule has 1 N–H and O–H groups in total. The number of hydrogen-bond acceptors (Lipinski definition) is 7. The van der Waals surface area contributed by atoms with Crippen LogP contribution in [0.15, 0.2) is 60.7 Å². The zero-order valence-corrected chi connectivity index (χ0v) is 18.4. The lowest BCUT2D eigenvalue weighted by atomic mass is 10.1. The smallest absolute Gasteiger partial charge is 0.341 e. The number of carbonyl (C=O) groups excluding carboxylic acids is 4. The van der Waals surface area contributed by atoms with Crippen molar-refractivity contribution in [1.29, 1.82) is 0 Å². The number of Topliss-reactive ketones (excluding diaryl/α,β-unsaturated/α-hetero) is 1. The van der Waals surface area contributed by atoms with Crippen molar-refractivity contribution in [3.05, 3.63) is 77.4 Å². The third-order valence-electron chi connectivity index (χ3n) is 4.38. The molecule has 0 radical (unpaired) electrons. The Morgan fingerprint density at radius 1 is 0.875 bits per heavy atom. The van der Waals surface area contributed by atoms with Crippen molar-refractivity contribution in [3.8, 4) is 10.4 Å². The topological polar surface area (TPSA) is 98.8 Å². The number of hydrogen-bond donors (Lipinski definition) is 1. The summed E-state index contributed by atoms with van der Waals surface area (Å²) in [6.07, 6.45) is 0. The van der Waals surface area contributed by atoms with E-state index in [0.29, 0.717) is 10.6 Å². The number of ether oxygens (including phenoxy) is 2. The second kappa shape index (κ2) is 10.5. The van der Waals surface area contributed by atoms with Gasteiger partial charge in [-0.2, -0.15) is 0 Å². The first-order valence-electron chi connectivity index (χ1n) is 9.83. The van der Waals surface area contributed by atoms with Crippen LogP contribution in [0.1, 0.15) is 44.9 Å². The number of amides is 1. The predicted octanol–water partition coefficient (Wildman–Crippen LogP) is 4.59. The molecule has 0 bridgehead atoms. The normalized spacial score (nSPS) is 10.3. The van der Waals surface area contributed by atoms with E-state index in [4.69, 9.17) is 9.47 Å². The van der Waals surface area contributed by atoms with Crippen molar-refractivity contribution < 1.29 is 28.7 Å². The summed E-state index contributed by atoms with van der Waals surface area (Å²) in [5, 5.41) is 2.93. The minimum atomic E-state index is -0.731. The van der Waals surface area contributed by atoms with Crippen molar-refractivity contribution in [2.75, 3.05) is 18.5 Å². The molecular weight excluding hydrogens is 430 g/mol. The Kier molecular flexibility index (Phi) is 7.51. The maximum Gasteiger partial charge on any atom is 0.341 e. The molecule has 2 aromatic carbocycles. The molecule has 3 rings (SSSR count). The summed E-state index contributed by atoms with van der Waals surface area (Å²) in [5.74, 6) is -2.08. The van der Waals surface area contributed by atoms with E-state index in [1.807, 2.05) is 30.3 Å². The highest BCUT2D eigenvalue weighted by Gasteiger charge is 2.20. The molecule has 0 saturated heterocycles. The minimum absolute atomic E-state index is 0.167. The number of ketones is 1. The first kappa shape index (κ1) is 22.9. The van der Waals surface area contributed by atoms with Crippen molar-refractivity contribution >= 4 is 40.0 Å². The van der Waals surface area contributed by atoms with Gasteiger partial charge in [0.2, 0.25) is 0 Å². The molecule has 0 aliphatic rings. The molecule has 0 spiro atoms. The number of nitrogens with one attached hydrogen (secondary N) is 1. The zero-order chi connectivity index (χ0) is 23.1. The molecule has 3 aromatic rings. The first-order chi connectivity index (χ1) is 15.4. The van der Waals surface area contributed by atoms with E-state index >= 15 is 0 Å². The predicted molar refractivity (Wildman–Crippen MR) is 121 cm³/mol. The van der Waals surface area contributed by atoms with Crippen LogP contribution < -0.4 is 5.32 Å². The van der Waals surface area contributed by atoms with Crippen LogP contribution >= 0.6 is 11.3 Å². The molecule has 164 valence electrons. The minimum Gasteiger partial charge on any atom is -0.462 e. The standard InChI is InChI=1S/C24H21NO6S/c1-3-30-24(29)19-13-20(16-8-5-4-6-9-16)32-22(19)25-21(27)14-31-23(28)18-11-7-10-17(12-18)15(2)26/h4-13H,3,14H2,1-2H3,(H,25,27). The quantitative estimate of drug-likeness (QED) is 0.397. The summed E-state index contributed by atoms with van der Waals surface area (Å²) in [6.45, 7) is 2.73. The van der Waals surface area contributed by atoms with Gasteiger partial charge in [0.1, 0.15) is 5.00 Å². The van der Waals surface area contributed by atoms with Gasteiger partial charge in [0, 0.05) is 10.4 Å². The molecule has 0 aliphatic heterocycles. The monoisotopic (exact) mass is 451 g/mol. The van der Waals surface area contributed by atoms with Crippen LogP contribution in [-0.4, -0.2) is 36.8 Å². The molecule has 0 atom stereocenters. The van der Waals surface area contributed by atoms with E-state index < -0.39 is 24.5 Å². The van der Waals surface area contributed by atoms with E-state index in [9.17, 15) is 19.2 Å². The Morgan fingerprint density at radius 3 is 2.28 bits per heavy atom. The Hall–Kier alpha value is -3.78. The molecule has 1 aromatic heterocycles. The van der Waals surface area contributed by atoms with Crippen LogP contribution in [0.2, 0.25) is 0 Å². The van der Waals surface area contributed by atoms with Crippen LogP contribution in [0, 0.1) is 0 Å². The van der Waals surface area contributed by atoms with Crippen LogP contribution in [-0.2, 0) is 14.3 Å². The highest BCUT2D eigenvalue weighted by atomic mass is 32.1. The van der Waals surface area contributed by atoms with Crippen molar-refractivity contribution in [2.45, 2.75) is 13.8 Å². The number of anilines is 1. The van der Waals surface area contributed by atoms with Gasteiger partial charge in [-0.1, -0.05) is 42.5 Å². The van der Waals surface area contributed by atoms with E-state index in [1.165, 1.54) is 30.4 Å². The summed E-state index contributed by atoms with van der Waals surface area (Å²) in [5.41, 5.74) is 1.65. The van der Waals surface area contributed by atoms with Gasteiger partial charge in [-0.05, 0) is 37.6 Å². The SMILES string of the molecule is CCOC(=O)c1cc(-c2ccccc2)sc1NC(=O)COC(=O)c1cccc(C(C)=O)c1. The number of benzene rings is 2. The highest BCUT2D eigenvalue weighted by molar-refractivity contribution is 7.20. The molecule has 7 nitrogen and oxygen atoms in total. The Morgan fingerprint density at radius 2 is 1.59 bits per heavy atom. The maximum absolute atomic E-state index is 12.4. The van der Waals surface area contributed by atoms with Gasteiger partial charge >= 0.3 is 11.9 Å². The summed E-state index contributed by atoms with van der Waals surface area (Å²) < 4.78 is 10.2. The molecule has 0 fully saturated rings. The summed E-state index contributed by atoms with van der Waals surface area (Å²) in [7, 11) is 0. The number of rotatable bonds is 8. The number of esters is 2. The van der Waals surface area contributed by atoms with E-state index in [-0.39, 0.29) is 23.5 Å². The average Bonchev–Trinajstić information content (AvgIpc) is 3.22. The fourth-order valence-electron chi connectivity index (χ4n) is 2.83. The van der Waals surface area contributed by atoms with Crippen molar-refractivity contribution in [2.24, 2.45) is 0 Å². The Balaban J connectivity index is 1.71. The molecule has 1 heterocycles. The third-order valence-corrected chi connectivity index (χ3v) is 5.48. The fourth-order valence-corrected chi connectivity index (χ4v) is 3.90. The van der Waals surface area contributed by atoms with Crippen LogP contribution in [0.5, 0.6) is 0 Å². The first-order valence-corrected chi connectivity index (χ1v) is 10.6. The molecule has 8 heteroatoms. The number of thiophene rings is 1. The molecular formula is C24H21NO6S. The van der Waals surface area contributed by atoms with Gasteiger partial charge in [-0.25, -0.2) is 9.59 Å². The largest absolute Gasteiger partial charge is 0.462 e. The average molecular weight is 452 g/mol. The second-order valence-corrected chi connectivity index (χ2v) is 7.75. The van der Waals surface area contributed by atoms with Crippen LogP contribution in [0.4, 0.5) is 5.00 Å². The van der Waals surface area contributed by atoms with Gasteiger partial charge in [-0.15, -0.1) is 11.3 Å². The molecule has 1 amide bonds. The summed E-state index contributed by atoms with van der Waals surface area (Å²) >= 11 is 1.22. The van der Waals surface area contributed by atoms with Gasteiger partial charge in [0.25, 0.3) is 5.91 Å². The molecule has 0 saturated carbocycles. The number of carbonyl (C=O) groups is 4. The third kappa shape index (κ3) is 5.67. The molecule has 0 unspecified atom stereocenters. The van der Waals surface area contributed by atoms with Crippen molar-refractivity contribution in [3.63, 3.8) is 0 Å². The lowest BCUT2D eigenvalue weighted by Gasteiger charge is -2.07. The van der Waals surface area contributed by atoms with E-state index in [1.54, 1.807) is 25.1 Å². The van der Waals surface area contributed by atoms with Gasteiger partial charge in [-0.3, -0.25) is 9.59 Å². The Labute approximate surface area is 189 Å². The zero-order valence-electron chi connectivity index (χ0n) is 17.5. The maximum atomic E-state index is 12.4. The van der Waals surface area contributed by atoms with Crippen molar-refractivity contribution in [1.82, 2.24) is 0 Å². The van der Waals surface area contributed by atoms with Gasteiger partial charge in [0.15, 0.2) is 12.4 Å². The lowest BCUT2D eigenvalue weighted by molar-refractivity contribution is -0.119. The van der Waals surface area contributed by atoms with E-state index in [2.05, 4.69) is 5.32 Å². The summed E-state index contributed by atoms with van der Waals surface area (Å²) in [6, 6.07) is 17.1. The van der Waals surface area contributed by atoms with Gasteiger partial charge < -0.3 is 14.8 Å². The Bertz CT molecular complexity index is 1150. The van der Waals surface area contributed by atoms with E-state index in [0.717, 1.165) is 10.4 Å².